The van der Waals surface area contributed by atoms with Gasteiger partial charge in [0.05, 0.1) is 17.2 Å². The smallest absolute Gasteiger partial charge is 0.371 e. The van der Waals surface area contributed by atoms with Crippen LogP contribution in [0.2, 0.25) is 0 Å². The maximum atomic E-state index is 12.7. The molecule has 0 unspecified atom stereocenters. The quantitative estimate of drug-likeness (QED) is 0.754. The van der Waals surface area contributed by atoms with Gasteiger partial charge in [0.2, 0.25) is 0 Å². The summed E-state index contributed by atoms with van der Waals surface area (Å²) in [7, 11) is 0. The maximum Gasteiger partial charge on any atom is 0.417 e. The number of nitrogens with zero attached hydrogens (tertiary/aromatic N) is 2. The number of halogens is 3. The first kappa shape index (κ1) is 11.8. The predicted molar refractivity (Wildman–Crippen MR) is 57.5 cm³/mol. The molecule has 0 aliphatic carbocycles. The highest BCUT2D eigenvalue weighted by molar-refractivity contribution is 5.56. The Morgan fingerprint density at radius 1 is 1.35 bits per heavy atom. The number of hydrogen-bond donors (Lipinski definition) is 0. The Labute approximate surface area is 97.3 Å². The molecule has 0 bridgehead atoms. The van der Waals surface area contributed by atoms with Crippen LogP contribution in [0.3, 0.4) is 0 Å². The summed E-state index contributed by atoms with van der Waals surface area (Å²) in [5, 5.41) is 8.66. The molecule has 0 spiro atoms. The zero-order valence-corrected chi connectivity index (χ0v) is 9.25. The molecule has 90 valence electrons. The van der Waals surface area contributed by atoms with E-state index in [1.54, 1.807) is 12.1 Å². The van der Waals surface area contributed by atoms with Crippen molar-refractivity contribution in [3.05, 3.63) is 29.3 Å². The van der Waals surface area contributed by atoms with Crippen molar-refractivity contribution < 1.29 is 13.2 Å². The van der Waals surface area contributed by atoms with Gasteiger partial charge in [0.15, 0.2) is 0 Å². The Hall–Kier alpha value is -1.70. The van der Waals surface area contributed by atoms with Crippen molar-refractivity contribution in [3.8, 4) is 6.07 Å². The summed E-state index contributed by atoms with van der Waals surface area (Å²) >= 11 is 0. The van der Waals surface area contributed by atoms with Crippen molar-refractivity contribution >= 4 is 5.69 Å². The first-order valence-corrected chi connectivity index (χ1v) is 5.28. The third kappa shape index (κ3) is 2.21. The fourth-order valence-corrected chi connectivity index (χ4v) is 1.97. The van der Waals surface area contributed by atoms with Crippen LogP contribution >= 0.6 is 0 Å². The van der Waals surface area contributed by atoms with E-state index in [-0.39, 0.29) is 5.56 Å². The Morgan fingerprint density at radius 2 is 2.00 bits per heavy atom. The molecular formula is C12H11F3N2. The van der Waals surface area contributed by atoms with Gasteiger partial charge in [-0.3, -0.25) is 0 Å². The summed E-state index contributed by atoms with van der Waals surface area (Å²) in [6.07, 6.45) is -4.47. The largest absolute Gasteiger partial charge is 0.417 e. The van der Waals surface area contributed by atoms with E-state index in [1.807, 2.05) is 11.8 Å². The van der Waals surface area contributed by atoms with E-state index in [0.29, 0.717) is 11.6 Å². The molecule has 17 heavy (non-hydrogen) atoms. The monoisotopic (exact) mass is 240 g/mol. The van der Waals surface area contributed by atoms with Crippen LogP contribution in [-0.4, -0.2) is 13.1 Å². The second-order valence-corrected chi connectivity index (χ2v) is 4.35. The highest BCUT2D eigenvalue weighted by Crippen LogP contribution is 2.35. The number of alkyl halides is 3. The average Bonchev–Trinajstić information content (AvgIpc) is 2.23. The summed E-state index contributed by atoms with van der Waals surface area (Å²) in [5.41, 5.74) is -0.638. The molecule has 1 aromatic carbocycles. The van der Waals surface area contributed by atoms with Gasteiger partial charge in [-0.2, -0.15) is 18.4 Å². The zero-order valence-electron chi connectivity index (χ0n) is 9.25. The third-order valence-electron chi connectivity index (χ3n) is 2.86. The van der Waals surface area contributed by atoms with Gasteiger partial charge in [-0.25, -0.2) is 0 Å². The minimum absolute atomic E-state index is 0.324. The number of hydrogen-bond acceptors (Lipinski definition) is 2. The molecule has 0 aromatic heterocycles. The first-order chi connectivity index (χ1) is 7.91. The summed E-state index contributed by atoms with van der Waals surface area (Å²) in [5.74, 6) is 0.514. The van der Waals surface area contributed by atoms with Gasteiger partial charge >= 0.3 is 6.18 Å². The number of rotatable bonds is 1. The van der Waals surface area contributed by atoms with Gasteiger partial charge in [-0.1, -0.05) is 6.92 Å². The predicted octanol–water partition coefficient (Wildman–Crippen LogP) is 3.03. The molecule has 1 aliphatic rings. The van der Waals surface area contributed by atoms with Crippen molar-refractivity contribution in [1.82, 2.24) is 0 Å². The van der Waals surface area contributed by atoms with Crippen molar-refractivity contribution in [3.63, 3.8) is 0 Å². The molecule has 0 saturated carbocycles. The van der Waals surface area contributed by atoms with Gasteiger partial charge in [-0.15, -0.1) is 0 Å². The lowest BCUT2D eigenvalue weighted by Gasteiger charge is -2.39. The lowest BCUT2D eigenvalue weighted by atomic mass is 10.00. The SMILES string of the molecule is CC1CN(c2ccc(C#N)c(C(F)(F)F)c2)C1. The van der Waals surface area contributed by atoms with Crippen LogP contribution in [0.4, 0.5) is 18.9 Å². The van der Waals surface area contributed by atoms with E-state index < -0.39 is 11.7 Å². The summed E-state index contributed by atoms with van der Waals surface area (Å²) in [4.78, 5) is 1.88. The second kappa shape index (κ2) is 3.95. The molecular weight excluding hydrogens is 229 g/mol. The molecule has 1 saturated heterocycles. The summed E-state index contributed by atoms with van der Waals surface area (Å²) in [6.45, 7) is 3.58. The van der Waals surface area contributed by atoms with Crippen LogP contribution < -0.4 is 4.90 Å². The summed E-state index contributed by atoms with van der Waals surface area (Å²) < 4.78 is 38.1. The molecule has 1 fully saturated rings. The van der Waals surface area contributed by atoms with E-state index in [2.05, 4.69) is 0 Å². The molecule has 2 nitrogen and oxygen atoms in total. The highest BCUT2D eigenvalue weighted by Gasteiger charge is 2.35. The van der Waals surface area contributed by atoms with Gasteiger partial charge < -0.3 is 4.90 Å². The zero-order chi connectivity index (χ0) is 12.6. The van der Waals surface area contributed by atoms with Crippen LogP contribution in [0.15, 0.2) is 18.2 Å². The fraction of sp³-hybridized carbons (Fsp3) is 0.417. The lowest BCUT2D eigenvalue weighted by molar-refractivity contribution is -0.137. The Morgan fingerprint density at radius 3 is 2.47 bits per heavy atom. The maximum absolute atomic E-state index is 12.7. The highest BCUT2D eigenvalue weighted by atomic mass is 19.4. The van der Waals surface area contributed by atoms with Crippen molar-refractivity contribution in [2.45, 2.75) is 13.1 Å². The van der Waals surface area contributed by atoms with Crippen molar-refractivity contribution in [2.24, 2.45) is 5.92 Å². The molecule has 1 heterocycles. The number of anilines is 1. The molecule has 0 atom stereocenters. The van der Waals surface area contributed by atoms with Crippen molar-refractivity contribution in [1.29, 1.82) is 5.26 Å². The van der Waals surface area contributed by atoms with Crippen molar-refractivity contribution in [2.75, 3.05) is 18.0 Å². The molecule has 0 radical (unpaired) electrons. The van der Waals surface area contributed by atoms with Gasteiger partial charge in [0.25, 0.3) is 0 Å². The number of benzene rings is 1. The van der Waals surface area contributed by atoms with E-state index in [4.69, 9.17) is 5.26 Å². The van der Waals surface area contributed by atoms with Crippen LogP contribution in [0.25, 0.3) is 0 Å². The number of nitriles is 1. The fourth-order valence-electron chi connectivity index (χ4n) is 1.97. The standard InChI is InChI=1S/C12H11F3N2/c1-8-6-17(7-8)10-3-2-9(5-16)11(4-10)12(13,14)15/h2-4,8H,6-7H2,1H3. The molecule has 2 rings (SSSR count). The van der Waals surface area contributed by atoms with E-state index in [1.165, 1.54) is 6.07 Å². The minimum atomic E-state index is -4.47. The molecule has 0 N–H and O–H groups in total. The van der Waals surface area contributed by atoms with Crippen LogP contribution in [0.1, 0.15) is 18.1 Å². The topological polar surface area (TPSA) is 27.0 Å². The van der Waals surface area contributed by atoms with Gasteiger partial charge in [-0.05, 0) is 24.1 Å². The molecule has 0 amide bonds. The van der Waals surface area contributed by atoms with E-state index >= 15 is 0 Å². The minimum Gasteiger partial charge on any atom is -0.371 e. The molecule has 1 aromatic rings. The Balaban J connectivity index is 2.36. The van der Waals surface area contributed by atoms with Crippen LogP contribution in [0.5, 0.6) is 0 Å². The van der Waals surface area contributed by atoms with Crippen LogP contribution in [0, 0.1) is 17.2 Å². The Bertz CT molecular complexity index is 468. The van der Waals surface area contributed by atoms with E-state index in [9.17, 15) is 13.2 Å². The van der Waals surface area contributed by atoms with E-state index in [0.717, 1.165) is 19.2 Å². The molecule has 1 aliphatic heterocycles. The third-order valence-corrected chi connectivity index (χ3v) is 2.86. The first-order valence-electron chi connectivity index (χ1n) is 5.28. The van der Waals surface area contributed by atoms with Gasteiger partial charge in [0.1, 0.15) is 0 Å². The van der Waals surface area contributed by atoms with Gasteiger partial charge in [0, 0.05) is 18.8 Å². The average molecular weight is 240 g/mol. The Kier molecular flexibility index (Phi) is 2.74. The van der Waals surface area contributed by atoms with Crippen LogP contribution in [-0.2, 0) is 6.18 Å². The normalized spacial score (nSPS) is 16.5. The summed E-state index contributed by atoms with van der Waals surface area (Å²) in [6, 6.07) is 5.44. The lowest BCUT2D eigenvalue weighted by Crippen LogP contribution is -2.45. The second-order valence-electron chi connectivity index (χ2n) is 4.35. The molecule has 5 heteroatoms.